The summed E-state index contributed by atoms with van der Waals surface area (Å²) in [7, 11) is 0. The molecule has 0 aliphatic heterocycles. The molecular weight excluding hydrogens is 293 g/mol. The number of aryl methyl sites for hydroxylation is 2. The Bertz CT molecular complexity index is 691. The largest absolute Gasteiger partial charge is 0.489 e. The summed E-state index contributed by atoms with van der Waals surface area (Å²) >= 11 is 0. The maximum absolute atomic E-state index is 12.8. The molecule has 0 aromatic heterocycles. The van der Waals surface area contributed by atoms with Crippen LogP contribution in [0.5, 0.6) is 5.75 Å². The van der Waals surface area contributed by atoms with E-state index in [1.807, 2.05) is 32.0 Å². The molecule has 0 saturated carbocycles. The average Bonchev–Trinajstić information content (AvgIpc) is 2.47. The molecule has 5 heteroatoms. The zero-order valence-electron chi connectivity index (χ0n) is 12.2. The summed E-state index contributed by atoms with van der Waals surface area (Å²) in [5.74, 6) is 0.0258. The van der Waals surface area contributed by atoms with Crippen molar-refractivity contribution in [2.45, 2.75) is 26.6 Å². The van der Waals surface area contributed by atoms with E-state index in [0.717, 1.165) is 28.8 Å². The highest BCUT2D eigenvalue weighted by Gasteiger charge is 2.31. The van der Waals surface area contributed by atoms with Crippen molar-refractivity contribution in [3.63, 3.8) is 0 Å². The van der Waals surface area contributed by atoms with Gasteiger partial charge in [-0.05, 0) is 43.2 Å². The maximum atomic E-state index is 12.8. The van der Waals surface area contributed by atoms with E-state index in [1.54, 1.807) is 0 Å². The smallest absolute Gasteiger partial charge is 0.416 e. The van der Waals surface area contributed by atoms with Gasteiger partial charge in [0, 0.05) is 5.56 Å². The lowest BCUT2D eigenvalue weighted by Crippen LogP contribution is -2.07. The van der Waals surface area contributed by atoms with Crippen LogP contribution in [0.3, 0.4) is 0 Å². The van der Waals surface area contributed by atoms with Gasteiger partial charge in [-0.3, -0.25) is 4.79 Å². The van der Waals surface area contributed by atoms with Gasteiger partial charge in [-0.15, -0.1) is 0 Å². The molecule has 116 valence electrons. The molecule has 0 saturated heterocycles. The second-order valence-electron chi connectivity index (χ2n) is 5.12. The summed E-state index contributed by atoms with van der Waals surface area (Å²) < 4.78 is 43.8. The van der Waals surface area contributed by atoms with E-state index in [-0.39, 0.29) is 17.9 Å². The SMILES string of the molecule is Cc1ccc(C)c(COc2cc(C=O)cc(C(F)(F)F)c2)c1. The third kappa shape index (κ3) is 3.87. The third-order valence-corrected chi connectivity index (χ3v) is 3.29. The van der Waals surface area contributed by atoms with Crippen LogP contribution < -0.4 is 4.74 Å². The lowest BCUT2D eigenvalue weighted by Gasteiger charge is -2.13. The van der Waals surface area contributed by atoms with Crippen molar-refractivity contribution in [2.75, 3.05) is 0 Å². The molecule has 0 aliphatic carbocycles. The van der Waals surface area contributed by atoms with Crippen molar-refractivity contribution in [3.05, 3.63) is 64.2 Å². The number of carbonyl (C=O) groups excluding carboxylic acids is 1. The Labute approximate surface area is 126 Å². The molecule has 0 radical (unpaired) electrons. The number of halogens is 3. The molecule has 0 heterocycles. The molecule has 22 heavy (non-hydrogen) atoms. The Morgan fingerprint density at radius 1 is 1.09 bits per heavy atom. The van der Waals surface area contributed by atoms with E-state index in [2.05, 4.69) is 0 Å². The van der Waals surface area contributed by atoms with Gasteiger partial charge in [0.25, 0.3) is 0 Å². The summed E-state index contributed by atoms with van der Waals surface area (Å²) in [5, 5.41) is 0. The fourth-order valence-electron chi connectivity index (χ4n) is 2.05. The number of ether oxygens (including phenoxy) is 1. The molecular formula is C17H15F3O2. The third-order valence-electron chi connectivity index (χ3n) is 3.29. The topological polar surface area (TPSA) is 26.3 Å². The number of hydrogen-bond acceptors (Lipinski definition) is 2. The van der Waals surface area contributed by atoms with E-state index in [1.165, 1.54) is 6.07 Å². The minimum absolute atomic E-state index is 0.0258. The molecule has 2 aromatic carbocycles. The minimum Gasteiger partial charge on any atom is -0.489 e. The highest BCUT2D eigenvalue weighted by molar-refractivity contribution is 5.76. The zero-order chi connectivity index (χ0) is 16.3. The quantitative estimate of drug-likeness (QED) is 0.764. The van der Waals surface area contributed by atoms with Crippen molar-refractivity contribution in [1.29, 1.82) is 0 Å². The van der Waals surface area contributed by atoms with Crippen molar-refractivity contribution in [3.8, 4) is 5.75 Å². The lowest BCUT2D eigenvalue weighted by atomic mass is 10.1. The van der Waals surface area contributed by atoms with Crippen molar-refractivity contribution >= 4 is 6.29 Å². The van der Waals surface area contributed by atoms with Gasteiger partial charge in [0.05, 0.1) is 5.56 Å². The first kappa shape index (κ1) is 16.1. The van der Waals surface area contributed by atoms with Gasteiger partial charge in [0.1, 0.15) is 18.6 Å². The van der Waals surface area contributed by atoms with Crippen LogP contribution in [0.1, 0.15) is 32.6 Å². The van der Waals surface area contributed by atoms with Gasteiger partial charge in [-0.25, -0.2) is 0 Å². The van der Waals surface area contributed by atoms with Gasteiger partial charge in [0.2, 0.25) is 0 Å². The predicted octanol–water partition coefficient (Wildman–Crippen LogP) is 4.71. The Hall–Kier alpha value is -2.30. The summed E-state index contributed by atoms with van der Waals surface area (Å²) in [5.41, 5.74) is 1.97. The molecule has 0 N–H and O–H groups in total. The van der Waals surface area contributed by atoms with Crippen LogP contribution in [0, 0.1) is 13.8 Å². The number of carbonyl (C=O) groups is 1. The number of rotatable bonds is 4. The van der Waals surface area contributed by atoms with Crippen molar-refractivity contribution < 1.29 is 22.7 Å². The van der Waals surface area contributed by atoms with Crippen molar-refractivity contribution in [1.82, 2.24) is 0 Å². The first-order valence-corrected chi connectivity index (χ1v) is 6.66. The zero-order valence-corrected chi connectivity index (χ0v) is 12.2. The standard InChI is InChI=1S/C17H15F3O2/c1-11-3-4-12(2)14(5-11)10-22-16-7-13(9-21)6-15(8-16)17(18,19)20/h3-9H,10H2,1-2H3. The lowest BCUT2D eigenvalue weighted by molar-refractivity contribution is -0.137. The van der Waals surface area contributed by atoms with Crippen LogP contribution in [0.25, 0.3) is 0 Å². The second-order valence-corrected chi connectivity index (χ2v) is 5.12. The van der Waals surface area contributed by atoms with Crippen LogP contribution >= 0.6 is 0 Å². The van der Waals surface area contributed by atoms with Crippen LogP contribution in [0.15, 0.2) is 36.4 Å². The number of aldehydes is 1. The molecule has 0 spiro atoms. The first-order valence-electron chi connectivity index (χ1n) is 6.66. The summed E-state index contributed by atoms with van der Waals surface area (Å²) in [4.78, 5) is 10.8. The van der Waals surface area contributed by atoms with Crippen LogP contribution in [-0.4, -0.2) is 6.29 Å². The van der Waals surface area contributed by atoms with Crippen LogP contribution in [0.4, 0.5) is 13.2 Å². The van der Waals surface area contributed by atoms with Gasteiger partial charge in [0.15, 0.2) is 0 Å². The van der Waals surface area contributed by atoms with Gasteiger partial charge >= 0.3 is 6.18 Å². The van der Waals surface area contributed by atoms with E-state index >= 15 is 0 Å². The van der Waals surface area contributed by atoms with Crippen LogP contribution in [0.2, 0.25) is 0 Å². The Kier molecular flexibility index (Phi) is 4.54. The molecule has 0 amide bonds. The van der Waals surface area contributed by atoms with Crippen molar-refractivity contribution in [2.24, 2.45) is 0 Å². The molecule has 2 rings (SSSR count). The number of hydrogen-bond donors (Lipinski definition) is 0. The normalized spacial score (nSPS) is 11.3. The maximum Gasteiger partial charge on any atom is 0.416 e. The number of alkyl halides is 3. The average molecular weight is 308 g/mol. The number of benzene rings is 2. The van der Waals surface area contributed by atoms with Gasteiger partial charge in [-0.2, -0.15) is 13.2 Å². The van der Waals surface area contributed by atoms with Gasteiger partial charge in [-0.1, -0.05) is 23.8 Å². The highest BCUT2D eigenvalue weighted by atomic mass is 19.4. The Morgan fingerprint density at radius 2 is 1.82 bits per heavy atom. The fraction of sp³-hybridized carbons (Fsp3) is 0.235. The Morgan fingerprint density at radius 3 is 2.45 bits per heavy atom. The molecule has 0 fully saturated rings. The van der Waals surface area contributed by atoms with E-state index < -0.39 is 11.7 Å². The summed E-state index contributed by atoms with van der Waals surface area (Å²) in [6.45, 7) is 3.98. The second kappa shape index (κ2) is 6.22. The first-order chi connectivity index (χ1) is 10.3. The highest BCUT2D eigenvalue weighted by Crippen LogP contribution is 2.32. The van der Waals surface area contributed by atoms with E-state index in [4.69, 9.17) is 4.74 Å². The van der Waals surface area contributed by atoms with Crippen LogP contribution in [-0.2, 0) is 12.8 Å². The molecule has 0 unspecified atom stereocenters. The monoisotopic (exact) mass is 308 g/mol. The van der Waals surface area contributed by atoms with Gasteiger partial charge < -0.3 is 4.74 Å². The molecule has 0 atom stereocenters. The summed E-state index contributed by atoms with van der Waals surface area (Å²) in [6.07, 6.45) is -4.14. The Balaban J connectivity index is 2.26. The molecule has 0 aliphatic rings. The molecule has 2 aromatic rings. The fourth-order valence-corrected chi connectivity index (χ4v) is 2.05. The minimum atomic E-state index is -4.52. The molecule has 2 nitrogen and oxygen atoms in total. The summed E-state index contributed by atoms with van der Waals surface area (Å²) in [6, 6.07) is 8.80. The molecule has 0 bridgehead atoms. The predicted molar refractivity (Wildman–Crippen MR) is 77.1 cm³/mol. The van der Waals surface area contributed by atoms with E-state index in [0.29, 0.717) is 6.29 Å². The van der Waals surface area contributed by atoms with E-state index in [9.17, 15) is 18.0 Å².